The van der Waals surface area contributed by atoms with Gasteiger partial charge in [0.15, 0.2) is 0 Å². The van der Waals surface area contributed by atoms with E-state index < -0.39 is 0 Å². The van der Waals surface area contributed by atoms with Crippen molar-refractivity contribution < 1.29 is 4.74 Å². The second-order valence-corrected chi connectivity index (χ2v) is 5.02. The number of nitrogens with one attached hydrogen (secondary N) is 1. The fourth-order valence-electron chi connectivity index (χ4n) is 2.42. The Morgan fingerprint density at radius 2 is 2.12 bits per heavy atom. The van der Waals surface area contributed by atoms with Gasteiger partial charge in [0.2, 0.25) is 0 Å². The van der Waals surface area contributed by atoms with Crippen molar-refractivity contribution in [3.05, 3.63) is 29.3 Å². The number of aryl methyl sites for hydroxylation is 1. The molecule has 0 heterocycles. The predicted molar refractivity (Wildman–Crippen MR) is 67.0 cm³/mol. The molecule has 0 unspecified atom stereocenters. The lowest BCUT2D eigenvalue weighted by atomic mass is 9.95. The van der Waals surface area contributed by atoms with Crippen LogP contribution in [0, 0.1) is 12.3 Å². The summed E-state index contributed by atoms with van der Waals surface area (Å²) in [6.07, 6.45) is 3.81. The monoisotopic (exact) mass is 219 g/mol. The molecule has 88 valence electrons. The summed E-state index contributed by atoms with van der Waals surface area (Å²) in [5.41, 5.74) is 3.17. The molecule has 0 atom stereocenters. The summed E-state index contributed by atoms with van der Waals surface area (Å²) < 4.78 is 5.43. The highest BCUT2D eigenvalue weighted by Crippen LogP contribution is 2.48. The maximum Gasteiger partial charge on any atom is 0.122 e. The number of benzene rings is 1. The van der Waals surface area contributed by atoms with E-state index in [9.17, 15) is 0 Å². The molecule has 2 nitrogen and oxygen atoms in total. The van der Waals surface area contributed by atoms with Crippen molar-refractivity contribution in [2.75, 3.05) is 20.7 Å². The standard InChI is InChI=1S/C14H21NO/c1-11-4-5-13(16-3)12(8-11)9-14(6-7-14)10-15-2/h4-5,8,15H,6-7,9-10H2,1-3H3. The molecule has 1 N–H and O–H groups in total. The molecule has 0 radical (unpaired) electrons. The molecule has 0 bridgehead atoms. The summed E-state index contributed by atoms with van der Waals surface area (Å²) >= 11 is 0. The molecule has 1 aliphatic rings. The molecule has 1 fully saturated rings. The highest BCUT2D eigenvalue weighted by molar-refractivity contribution is 5.38. The summed E-state index contributed by atoms with van der Waals surface area (Å²) in [5.74, 6) is 1.04. The zero-order chi connectivity index (χ0) is 11.6. The molecule has 0 aliphatic heterocycles. The maximum atomic E-state index is 5.43. The van der Waals surface area contributed by atoms with Gasteiger partial charge in [0.25, 0.3) is 0 Å². The summed E-state index contributed by atoms with van der Waals surface area (Å²) in [7, 11) is 3.79. The second kappa shape index (κ2) is 4.46. The normalized spacial score (nSPS) is 17.2. The molecule has 0 spiro atoms. The van der Waals surface area contributed by atoms with Gasteiger partial charge in [0.05, 0.1) is 7.11 Å². The molecule has 1 aromatic rings. The number of rotatable bonds is 5. The average molecular weight is 219 g/mol. The zero-order valence-corrected chi connectivity index (χ0v) is 10.5. The minimum atomic E-state index is 0.496. The van der Waals surface area contributed by atoms with E-state index in [1.807, 2.05) is 7.05 Å². The molecular formula is C14H21NO. The number of hydrogen-bond acceptors (Lipinski definition) is 2. The van der Waals surface area contributed by atoms with E-state index in [-0.39, 0.29) is 0 Å². The second-order valence-electron chi connectivity index (χ2n) is 5.02. The van der Waals surface area contributed by atoms with Crippen molar-refractivity contribution in [2.45, 2.75) is 26.2 Å². The van der Waals surface area contributed by atoms with E-state index in [1.165, 1.54) is 24.0 Å². The van der Waals surface area contributed by atoms with Gasteiger partial charge in [0.1, 0.15) is 5.75 Å². The molecule has 0 amide bonds. The summed E-state index contributed by atoms with van der Waals surface area (Å²) in [4.78, 5) is 0. The van der Waals surface area contributed by atoms with Crippen LogP contribution in [0.15, 0.2) is 18.2 Å². The van der Waals surface area contributed by atoms with Crippen molar-refractivity contribution in [1.29, 1.82) is 0 Å². The van der Waals surface area contributed by atoms with Gasteiger partial charge in [0, 0.05) is 6.54 Å². The molecule has 2 heteroatoms. The summed E-state index contributed by atoms with van der Waals surface area (Å²) in [6.45, 7) is 3.25. The number of ether oxygens (including phenoxy) is 1. The van der Waals surface area contributed by atoms with Crippen LogP contribution in [0.1, 0.15) is 24.0 Å². The van der Waals surface area contributed by atoms with E-state index in [1.54, 1.807) is 7.11 Å². The Balaban J connectivity index is 2.17. The van der Waals surface area contributed by atoms with Crippen LogP contribution in [0.3, 0.4) is 0 Å². The first-order valence-electron chi connectivity index (χ1n) is 5.97. The molecule has 1 aromatic carbocycles. The third kappa shape index (κ3) is 2.38. The van der Waals surface area contributed by atoms with Crippen molar-refractivity contribution in [1.82, 2.24) is 5.32 Å². The SMILES string of the molecule is CNCC1(Cc2cc(C)ccc2OC)CC1. The molecule has 16 heavy (non-hydrogen) atoms. The van der Waals surface area contributed by atoms with Gasteiger partial charge in [-0.15, -0.1) is 0 Å². The van der Waals surface area contributed by atoms with Crippen molar-refractivity contribution in [3.8, 4) is 5.75 Å². The maximum absolute atomic E-state index is 5.43. The fourth-order valence-corrected chi connectivity index (χ4v) is 2.42. The van der Waals surface area contributed by atoms with E-state index in [0.717, 1.165) is 18.7 Å². The Bertz CT molecular complexity index is 369. The number of methoxy groups -OCH3 is 1. The smallest absolute Gasteiger partial charge is 0.122 e. The molecule has 2 rings (SSSR count). The van der Waals surface area contributed by atoms with Crippen LogP contribution in [0.4, 0.5) is 0 Å². The van der Waals surface area contributed by atoms with E-state index in [0.29, 0.717) is 5.41 Å². The lowest BCUT2D eigenvalue weighted by molar-refractivity contribution is 0.399. The Kier molecular flexibility index (Phi) is 3.20. The fraction of sp³-hybridized carbons (Fsp3) is 0.571. The van der Waals surface area contributed by atoms with Crippen LogP contribution >= 0.6 is 0 Å². The topological polar surface area (TPSA) is 21.3 Å². The van der Waals surface area contributed by atoms with Crippen LogP contribution < -0.4 is 10.1 Å². The van der Waals surface area contributed by atoms with Crippen LogP contribution in [0.2, 0.25) is 0 Å². The van der Waals surface area contributed by atoms with Crippen LogP contribution in [-0.2, 0) is 6.42 Å². The minimum Gasteiger partial charge on any atom is -0.496 e. The average Bonchev–Trinajstić information content (AvgIpc) is 2.99. The van der Waals surface area contributed by atoms with Crippen LogP contribution in [0.25, 0.3) is 0 Å². The Labute approximate surface area is 98.0 Å². The molecule has 0 aromatic heterocycles. The molecule has 1 aliphatic carbocycles. The van der Waals surface area contributed by atoms with Gasteiger partial charge < -0.3 is 10.1 Å². The molecule has 1 saturated carbocycles. The lowest BCUT2D eigenvalue weighted by Gasteiger charge is -2.17. The van der Waals surface area contributed by atoms with Gasteiger partial charge in [-0.25, -0.2) is 0 Å². The van der Waals surface area contributed by atoms with Crippen molar-refractivity contribution in [3.63, 3.8) is 0 Å². The third-order valence-electron chi connectivity index (χ3n) is 3.51. The lowest BCUT2D eigenvalue weighted by Crippen LogP contribution is -2.22. The van der Waals surface area contributed by atoms with Gasteiger partial charge in [-0.3, -0.25) is 0 Å². The number of hydrogen-bond donors (Lipinski definition) is 1. The first kappa shape index (κ1) is 11.5. The van der Waals surface area contributed by atoms with E-state index in [2.05, 4.69) is 30.4 Å². The Morgan fingerprint density at radius 3 is 2.69 bits per heavy atom. The van der Waals surface area contributed by atoms with Crippen molar-refractivity contribution in [2.24, 2.45) is 5.41 Å². The van der Waals surface area contributed by atoms with E-state index >= 15 is 0 Å². The quantitative estimate of drug-likeness (QED) is 0.821. The highest BCUT2D eigenvalue weighted by atomic mass is 16.5. The molecular weight excluding hydrogens is 198 g/mol. The molecule has 0 saturated heterocycles. The zero-order valence-electron chi connectivity index (χ0n) is 10.5. The minimum absolute atomic E-state index is 0.496. The predicted octanol–water partition coefficient (Wildman–Crippen LogP) is 2.55. The van der Waals surface area contributed by atoms with Crippen LogP contribution in [-0.4, -0.2) is 20.7 Å². The summed E-state index contributed by atoms with van der Waals surface area (Å²) in [5, 5.41) is 3.30. The van der Waals surface area contributed by atoms with E-state index in [4.69, 9.17) is 4.74 Å². The van der Waals surface area contributed by atoms with Gasteiger partial charge >= 0.3 is 0 Å². The van der Waals surface area contributed by atoms with Crippen molar-refractivity contribution >= 4 is 0 Å². The third-order valence-corrected chi connectivity index (χ3v) is 3.51. The highest BCUT2D eigenvalue weighted by Gasteiger charge is 2.42. The first-order valence-corrected chi connectivity index (χ1v) is 5.97. The largest absolute Gasteiger partial charge is 0.496 e. The Hall–Kier alpha value is -1.02. The van der Waals surface area contributed by atoms with Gasteiger partial charge in [-0.1, -0.05) is 17.7 Å². The first-order chi connectivity index (χ1) is 7.69. The summed E-state index contributed by atoms with van der Waals surface area (Å²) in [6, 6.07) is 6.45. The Morgan fingerprint density at radius 1 is 1.38 bits per heavy atom. The van der Waals surface area contributed by atoms with Gasteiger partial charge in [-0.2, -0.15) is 0 Å². The van der Waals surface area contributed by atoms with Crippen LogP contribution in [0.5, 0.6) is 5.75 Å². The van der Waals surface area contributed by atoms with Gasteiger partial charge in [-0.05, 0) is 50.3 Å².